The maximum atomic E-state index is 14.3. The second kappa shape index (κ2) is 15.2. The van der Waals surface area contributed by atoms with E-state index in [0.717, 1.165) is 12.8 Å². The average Bonchev–Trinajstić information content (AvgIpc) is 3.96. The third-order valence-electron chi connectivity index (χ3n) is 9.87. The predicted octanol–water partition coefficient (Wildman–Crippen LogP) is 4.20. The van der Waals surface area contributed by atoms with Gasteiger partial charge in [-0.3, -0.25) is 23.9 Å². The zero-order chi connectivity index (χ0) is 38.1. The van der Waals surface area contributed by atoms with Crippen LogP contribution in [0.15, 0.2) is 53.0 Å². The van der Waals surface area contributed by atoms with Crippen LogP contribution in [0.5, 0.6) is 0 Å². The molecule has 16 heteroatoms. The Morgan fingerprint density at radius 3 is 2.43 bits per heavy atom. The van der Waals surface area contributed by atoms with Crippen molar-refractivity contribution >= 4 is 51.3 Å². The molecule has 5 amide bonds. The molecule has 14 nitrogen and oxygen atoms in total. The van der Waals surface area contributed by atoms with Gasteiger partial charge in [0.1, 0.15) is 29.0 Å². The zero-order valence-electron chi connectivity index (χ0n) is 30.0. The summed E-state index contributed by atoms with van der Waals surface area (Å²) in [6.45, 7) is 5.03. The van der Waals surface area contributed by atoms with Crippen molar-refractivity contribution in [1.82, 2.24) is 25.6 Å². The van der Waals surface area contributed by atoms with E-state index in [1.165, 1.54) is 11.0 Å². The lowest BCUT2D eigenvalue weighted by molar-refractivity contribution is -0.141. The van der Waals surface area contributed by atoms with Gasteiger partial charge in [-0.15, -0.1) is 0 Å². The Bertz CT molecular complexity index is 1890. The highest BCUT2D eigenvalue weighted by Crippen LogP contribution is 2.46. The first-order valence-corrected chi connectivity index (χ1v) is 20.0. The highest BCUT2D eigenvalue weighted by molar-refractivity contribution is 7.91. The fourth-order valence-corrected chi connectivity index (χ4v) is 8.33. The number of hydrogen-bond acceptors (Lipinski definition) is 9. The number of rotatable bonds is 7. The monoisotopic (exact) mass is 771 g/mol. The highest BCUT2D eigenvalue weighted by Gasteiger charge is 2.62. The van der Waals surface area contributed by atoms with E-state index < -0.39 is 80.2 Å². The van der Waals surface area contributed by atoms with E-state index in [1.807, 2.05) is 12.2 Å². The number of nitrogens with one attached hydrogen (secondary N) is 4. The molecule has 1 aromatic heterocycles. The average molecular weight is 772 g/mol. The summed E-state index contributed by atoms with van der Waals surface area (Å²) in [6, 6.07) is 7.14. The first-order chi connectivity index (χ1) is 25.0. The highest BCUT2D eigenvalue weighted by atomic mass is 35.5. The van der Waals surface area contributed by atoms with Crippen LogP contribution in [0.25, 0.3) is 11.3 Å². The van der Waals surface area contributed by atoms with Crippen LogP contribution in [0.4, 0.5) is 4.79 Å². The molecule has 5 atom stereocenters. The molecule has 0 unspecified atom stereocenters. The van der Waals surface area contributed by atoms with Gasteiger partial charge in [0.15, 0.2) is 5.76 Å². The van der Waals surface area contributed by atoms with E-state index in [9.17, 15) is 32.4 Å². The minimum absolute atomic E-state index is 0.0137. The van der Waals surface area contributed by atoms with E-state index in [1.54, 1.807) is 51.1 Å². The van der Waals surface area contributed by atoms with Gasteiger partial charge in [-0.1, -0.05) is 36.6 Å². The lowest BCUT2D eigenvalue weighted by atomic mass is 10.0. The third-order valence-corrected chi connectivity index (χ3v) is 11.9. The lowest BCUT2D eigenvalue weighted by Crippen LogP contribution is -2.58. The van der Waals surface area contributed by atoms with Crippen molar-refractivity contribution in [3.05, 3.63) is 59.3 Å². The van der Waals surface area contributed by atoms with Crippen LogP contribution >= 0.6 is 11.6 Å². The van der Waals surface area contributed by atoms with E-state index >= 15 is 0 Å². The Morgan fingerprint density at radius 2 is 1.74 bits per heavy atom. The fourth-order valence-electron chi connectivity index (χ4n) is 6.84. The number of hydrogen-bond donors (Lipinski definition) is 4. The number of benzene rings is 1. The summed E-state index contributed by atoms with van der Waals surface area (Å²) < 4.78 is 39.0. The molecule has 1 saturated heterocycles. The largest absolute Gasteiger partial charge is 0.451 e. The number of alkyl carbamates (subject to hydrolysis) is 1. The van der Waals surface area contributed by atoms with E-state index in [4.69, 9.17) is 20.8 Å². The zero-order valence-corrected chi connectivity index (χ0v) is 31.6. The molecule has 0 spiro atoms. The maximum absolute atomic E-state index is 14.3. The number of carbonyl (C=O) groups excluding carboxylic acids is 5. The molecular formula is C37H46ClN5O9S. The normalized spacial score (nSPS) is 26.6. The molecule has 3 heterocycles. The van der Waals surface area contributed by atoms with Crippen LogP contribution in [0.3, 0.4) is 0 Å². The van der Waals surface area contributed by atoms with Crippen molar-refractivity contribution < 1.29 is 41.5 Å². The third kappa shape index (κ3) is 9.23. The van der Waals surface area contributed by atoms with Crippen molar-refractivity contribution in [2.24, 2.45) is 5.92 Å². The number of furan rings is 1. The number of amides is 5. The molecule has 0 bridgehead atoms. The number of sulfonamides is 1. The Hall–Kier alpha value is -4.37. The van der Waals surface area contributed by atoms with Crippen LogP contribution in [-0.4, -0.2) is 84.1 Å². The summed E-state index contributed by atoms with van der Waals surface area (Å²) in [5.41, 5.74) is -1.65. The molecule has 4 aliphatic rings. The minimum Gasteiger partial charge on any atom is -0.451 e. The molecule has 53 heavy (non-hydrogen) atoms. The number of halogens is 1. The molecule has 1 aromatic carbocycles. The topological polar surface area (TPSA) is 193 Å². The second-order valence-corrected chi connectivity index (χ2v) is 17.7. The summed E-state index contributed by atoms with van der Waals surface area (Å²) in [6.07, 6.45) is 7.08. The minimum atomic E-state index is -3.91. The Morgan fingerprint density at radius 1 is 1.00 bits per heavy atom. The molecule has 2 aliphatic carbocycles. The summed E-state index contributed by atoms with van der Waals surface area (Å²) in [4.78, 5) is 69.8. The second-order valence-electron chi connectivity index (χ2n) is 15.3. The van der Waals surface area contributed by atoms with Gasteiger partial charge in [0.25, 0.3) is 11.8 Å². The van der Waals surface area contributed by atoms with Crippen molar-refractivity contribution in [3.63, 3.8) is 0 Å². The van der Waals surface area contributed by atoms with Crippen molar-refractivity contribution in [2.45, 2.75) is 113 Å². The molecule has 0 radical (unpaired) electrons. The van der Waals surface area contributed by atoms with Gasteiger partial charge in [-0.2, -0.15) is 0 Å². The van der Waals surface area contributed by atoms with Gasteiger partial charge in [0.05, 0.1) is 5.25 Å². The van der Waals surface area contributed by atoms with Gasteiger partial charge >= 0.3 is 6.09 Å². The Kier molecular flexibility index (Phi) is 11.0. The maximum Gasteiger partial charge on any atom is 0.408 e. The Balaban J connectivity index is 1.26. The summed E-state index contributed by atoms with van der Waals surface area (Å²) in [5.74, 6) is -2.62. The summed E-state index contributed by atoms with van der Waals surface area (Å²) >= 11 is 6.00. The lowest BCUT2D eigenvalue weighted by Gasteiger charge is -2.30. The van der Waals surface area contributed by atoms with Gasteiger partial charge in [-0.05, 0) is 102 Å². The van der Waals surface area contributed by atoms with Crippen molar-refractivity contribution in [1.29, 1.82) is 0 Å². The van der Waals surface area contributed by atoms with Crippen LogP contribution in [-0.2, 0) is 29.1 Å². The van der Waals surface area contributed by atoms with Gasteiger partial charge in [0, 0.05) is 29.1 Å². The Labute approximate surface area is 313 Å². The number of nitrogens with zero attached hydrogens (tertiary/aromatic N) is 1. The SMILES string of the molecule is CC(C)(C)OC(=O)N[C@H]1CCCCCC=C[C@@H]2C[C@@]2(C(=O)NS(=O)(=O)C2CC2)NC(=O)[C@@H]2C[C@@H](NC(=O)c3ccc(-c4ccc(Cl)cc4)o3)CN2C1=O. The molecule has 2 aliphatic heterocycles. The van der Waals surface area contributed by atoms with Gasteiger partial charge in [0.2, 0.25) is 21.8 Å². The van der Waals surface area contributed by atoms with E-state index in [2.05, 4.69) is 20.7 Å². The molecule has 286 valence electrons. The number of fused-ring (bicyclic) bond motifs is 2. The number of allylic oxidation sites excluding steroid dienone is 1. The van der Waals surface area contributed by atoms with Crippen molar-refractivity contribution in [3.8, 4) is 11.3 Å². The first-order valence-electron chi connectivity index (χ1n) is 18.1. The summed E-state index contributed by atoms with van der Waals surface area (Å²) in [7, 11) is -3.91. The smallest absolute Gasteiger partial charge is 0.408 e. The number of ether oxygens (including phenoxy) is 1. The number of carbonyl (C=O) groups is 5. The van der Waals surface area contributed by atoms with Crippen LogP contribution in [0, 0.1) is 5.92 Å². The van der Waals surface area contributed by atoms with Gasteiger partial charge in [-0.25, -0.2) is 13.2 Å². The van der Waals surface area contributed by atoms with Crippen LogP contribution < -0.4 is 20.7 Å². The standard InChI is InChI=1S/C37H46ClN5O9S/c1-36(2,3)52-35(48)40-27-10-8-6-4-5-7-9-23-20-37(23,34(47)42-53(49,50)26-15-16-26)41-31(44)28-19-25(21-43(28)33(27)46)39-32(45)30-18-17-29(51-30)22-11-13-24(38)14-12-22/h7,9,11-14,17-18,23,25-28H,4-6,8,10,15-16,19-21H2,1-3H3,(H,39,45)(H,40,48)(H,41,44)(H,42,47)/t23-,25-,27+,28+,37-/m1/s1. The molecule has 6 rings (SSSR count). The molecule has 2 aromatic rings. The molecule has 4 N–H and O–H groups in total. The summed E-state index contributed by atoms with van der Waals surface area (Å²) in [5, 5.41) is 8.28. The molecular weight excluding hydrogens is 726 g/mol. The molecule has 2 saturated carbocycles. The van der Waals surface area contributed by atoms with E-state index in [0.29, 0.717) is 42.0 Å². The van der Waals surface area contributed by atoms with Crippen LogP contribution in [0.1, 0.15) is 89.1 Å². The van der Waals surface area contributed by atoms with Crippen molar-refractivity contribution in [2.75, 3.05) is 6.54 Å². The quantitative estimate of drug-likeness (QED) is 0.299. The first kappa shape index (κ1) is 38.4. The van der Waals surface area contributed by atoms with Crippen LogP contribution in [0.2, 0.25) is 5.02 Å². The predicted molar refractivity (Wildman–Crippen MR) is 195 cm³/mol. The molecule has 3 fully saturated rings. The fraction of sp³-hybridized carbons (Fsp3) is 0.541. The van der Waals surface area contributed by atoms with E-state index in [-0.39, 0.29) is 31.6 Å². The van der Waals surface area contributed by atoms with Gasteiger partial charge < -0.3 is 30.0 Å².